The molecule has 0 radical (unpaired) electrons. The number of amidine groups is 1. The van der Waals surface area contributed by atoms with Crippen LogP contribution in [0.25, 0.3) is 0 Å². The molecule has 0 amide bonds. The van der Waals surface area contributed by atoms with Crippen LogP contribution in [-0.2, 0) is 0 Å². The fourth-order valence-electron chi connectivity index (χ4n) is 2.48. The number of hydrogen-bond acceptors (Lipinski definition) is 1. The summed E-state index contributed by atoms with van der Waals surface area (Å²) in [5, 5.41) is 0.799. The van der Waals surface area contributed by atoms with Gasteiger partial charge in [-0.1, -0.05) is 0 Å². The van der Waals surface area contributed by atoms with Crippen molar-refractivity contribution in [2.75, 3.05) is 6.54 Å². The molecule has 114 valence electrons. The number of halogens is 1. The molecular weight excluding hydrogens is 359 g/mol. The second kappa shape index (κ2) is 6.87. The van der Waals surface area contributed by atoms with Gasteiger partial charge in [0.2, 0.25) is 0 Å². The third-order valence-corrected chi connectivity index (χ3v) is 6.56. The minimum atomic E-state index is 0.341. The van der Waals surface area contributed by atoms with Crippen LogP contribution in [0.2, 0.25) is 5.02 Å². The summed E-state index contributed by atoms with van der Waals surface area (Å²) in [5.74, 6) is 0. The fourth-order valence-corrected chi connectivity index (χ4v) is 5.46. The van der Waals surface area contributed by atoms with Crippen LogP contribution in [0.4, 0.5) is 5.69 Å². The van der Waals surface area contributed by atoms with Crippen LogP contribution in [0.3, 0.4) is 0 Å². The summed E-state index contributed by atoms with van der Waals surface area (Å²) in [4.78, 5) is 7.89. The summed E-state index contributed by atoms with van der Waals surface area (Å²) in [6.45, 7) is 5.52. The predicted octanol–water partition coefficient (Wildman–Crippen LogP) is 4.50. The van der Waals surface area contributed by atoms with Crippen molar-refractivity contribution in [3.05, 3.63) is 65.2 Å². The molecule has 1 fully saturated rings. The van der Waals surface area contributed by atoms with E-state index in [9.17, 15) is 0 Å². The second-order valence-corrected chi connectivity index (χ2v) is 8.53. The molecule has 0 aliphatic carbocycles. The van der Waals surface area contributed by atoms with Crippen LogP contribution in [0.15, 0.2) is 59.6 Å². The van der Waals surface area contributed by atoms with Crippen molar-refractivity contribution >= 4 is 37.0 Å². The zero-order valence-corrected chi connectivity index (χ0v) is 15.2. The molecule has 0 saturated carbocycles. The van der Waals surface area contributed by atoms with Gasteiger partial charge in [-0.05, 0) is 0 Å². The van der Waals surface area contributed by atoms with E-state index in [1.807, 2.05) is 30.3 Å². The standard InChI is InChI=1S/C18H19ClN2Se/c1-13(2)21-12-17(14-8-10-15(19)11-9-14)22-18(21)20-16-6-4-3-5-7-16/h3-11,13,17H,12H2,1-2H3. The number of benzene rings is 2. The second-order valence-electron chi connectivity index (χ2n) is 5.63. The average Bonchev–Trinajstić information content (AvgIpc) is 2.93. The Hall–Kier alpha value is -1.28. The molecule has 22 heavy (non-hydrogen) atoms. The molecule has 1 unspecified atom stereocenters. The van der Waals surface area contributed by atoms with E-state index in [4.69, 9.17) is 16.6 Å². The van der Waals surface area contributed by atoms with E-state index >= 15 is 0 Å². The predicted molar refractivity (Wildman–Crippen MR) is 95.3 cm³/mol. The first-order chi connectivity index (χ1) is 10.6. The maximum absolute atomic E-state index is 6.00. The molecule has 1 aliphatic rings. The molecule has 0 N–H and O–H groups in total. The molecule has 4 heteroatoms. The number of nitrogens with zero attached hydrogens (tertiary/aromatic N) is 2. The van der Waals surface area contributed by atoms with Gasteiger partial charge in [0.15, 0.2) is 0 Å². The third-order valence-electron chi connectivity index (χ3n) is 3.70. The van der Waals surface area contributed by atoms with Crippen LogP contribution >= 0.6 is 11.6 Å². The summed E-state index contributed by atoms with van der Waals surface area (Å²) >= 11 is 6.35. The number of rotatable bonds is 3. The monoisotopic (exact) mass is 378 g/mol. The van der Waals surface area contributed by atoms with E-state index < -0.39 is 0 Å². The average molecular weight is 378 g/mol. The van der Waals surface area contributed by atoms with E-state index in [0.29, 0.717) is 25.8 Å². The van der Waals surface area contributed by atoms with Gasteiger partial charge in [0, 0.05) is 0 Å². The zero-order chi connectivity index (χ0) is 15.5. The van der Waals surface area contributed by atoms with Crippen LogP contribution in [-0.4, -0.2) is 37.2 Å². The van der Waals surface area contributed by atoms with E-state index in [-0.39, 0.29) is 0 Å². The van der Waals surface area contributed by atoms with E-state index in [1.54, 1.807) is 0 Å². The van der Waals surface area contributed by atoms with E-state index in [1.165, 1.54) is 10.3 Å². The molecule has 2 aromatic rings. The van der Waals surface area contributed by atoms with Crippen molar-refractivity contribution in [3.8, 4) is 0 Å². The molecule has 0 aromatic heterocycles. The van der Waals surface area contributed by atoms with Crippen LogP contribution in [0, 0.1) is 0 Å². The van der Waals surface area contributed by atoms with Crippen molar-refractivity contribution in [1.29, 1.82) is 0 Å². The fraction of sp³-hybridized carbons (Fsp3) is 0.278. The first-order valence-electron chi connectivity index (χ1n) is 7.46. The first-order valence-corrected chi connectivity index (χ1v) is 9.68. The summed E-state index contributed by atoms with van der Waals surface area (Å²) in [7, 11) is 0. The molecule has 0 spiro atoms. The Morgan fingerprint density at radius 3 is 2.41 bits per heavy atom. The molecular formula is C18H19ClN2Se. The Morgan fingerprint density at radius 1 is 1.09 bits per heavy atom. The minimum absolute atomic E-state index is 0.341. The van der Waals surface area contributed by atoms with Gasteiger partial charge in [0.25, 0.3) is 0 Å². The molecule has 3 rings (SSSR count). The van der Waals surface area contributed by atoms with Crippen LogP contribution < -0.4 is 0 Å². The Labute approximate surface area is 143 Å². The van der Waals surface area contributed by atoms with Gasteiger partial charge in [-0.15, -0.1) is 0 Å². The summed E-state index contributed by atoms with van der Waals surface area (Å²) in [6.07, 6.45) is 0. The van der Waals surface area contributed by atoms with Crippen LogP contribution in [0.5, 0.6) is 0 Å². The topological polar surface area (TPSA) is 15.6 Å². The summed E-state index contributed by atoms with van der Waals surface area (Å²) < 4.78 is 1.24. The quantitative estimate of drug-likeness (QED) is 0.719. The number of para-hydroxylation sites is 1. The molecule has 2 nitrogen and oxygen atoms in total. The molecule has 1 aliphatic heterocycles. The summed E-state index contributed by atoms with van der Waals surface area (Å²) in [6, 6.07) is 19.0. The maximum atomic E-state index is 6.00. The van der Waals surface area contributed by atoms with Gasteiger partial charge < -0.3 is 0 Å². The van der Waals surface area contributed by atoms with E-state index in [2.05, 4.69) is 43.0 Å². The van der Waals surface area contributed by atoms with Gasteiger partial charge in [0.1, 0.15) is 0 Å². The Balaban J connectivity index is 1.87. The number of aliphatic imine (C=N–C) groups is 1. The first kappa shape index (κ1) is 15.6. The van der Waals surface area contributed by atoms with Crippen molar-refractivity contribution < 1.29 is 0 Å². The molecule has 0 bridgehead atoms. The van der Waals surface area contributed by atoms with Crippen molar-refractivity contribution in [2.45, 2.75) is 24.7 Å². The van der Waals surface area contributed by atoms with Gasteiger partial charge in [0.05, 0.1) is 0 Å². The van der Waals surface area contributed by atoms with Gasteiger partial charge >= 0.3 is 143 Å². The molecule has 1 heterocycles. The normalized spacial score (nSPS) is 20.1. The zero-order valence-electron chi connectivity index (χ0n) is 12.7. The van der Waals surface area contributed by atoms with Crippen LogP contribution in [0.1, 0.15) is 24.2 Å². The number of hydrogen-bond donors (Lipinski definition) is 0. The summed E-state index contributed by atoms with van der Waals surface area (Å²) in [5.41, 5.74) is 2.41. The Bertz CT molecular complexity index is 653. The molecule has 1 saturated heterocycles. The Kier molecular flexibility index (Phi) is 4.87. The van der Waals surface area contributed by atoms with Gasteiger partial charge in [-0.25, -0.2) is 0 Å². The van der Waals surface area contributed by atoms with Gasteiger partial charge in [-0.3, -0.25) is 0 Å². The van der Waals surface area contributed by atoms with Gasteiger partial charge in [-0.2, -0.15) is 0 Å². The van der Waals surface area contributed by atoms with Crippen molar-refractivity contribution in [2.24, 2.45) is 4.99 Å². The Morgan fingerprint density at radius 2 is 1.77 bits per heavy atom. The third kappa shape index (κ3) is 3.54. The van der Waals surface area contributed by atoms with Crippen molar-refractivity contribution in [3.63, 3.8) is 0 Å². The molecule has 2 aromatic carbocycles. The van der Waals surface area contributed by atoms with Crippen molar-refractivity contribution in [1.82, 2.24) is 4.90 Å². The SMILES string of the molecule is CC(C)N1CC(c2ccc(Cl)cc2)[Se]C1=Nc1ccccc1. The van der Waals surface area contributed by atoms with E-state index in [0.717, 1.165) is 17.3 Å². The molecule has 1 atom stereocenters.